The van der Waals surface area contributed by atoms with Crippen molar-refractivity contribution in [1.29, 1.82) is 0 Å². The van der Waals surface area contributed by atoms with Gasteiger partial charge < -0.3 is 16.2 Å². The molecule has 0 unspecified atom stereocenters. The molecule has 0 aromatic carbocycles. The summed E-state index contributed by atoms with van der Waals surface area (Å²) in [4.78, 5) is 11.4. The van der Waals surface area contributed by atoms with Crippen molar-refractivity contribution in [1.82, 2.24) is 5.32 Å². The van der Waals surface area contributed by atoms with Crippen LogP contribution in [0, 0.1) is 0 Å². The highest BCUT2D eigenvalue weighted by molar-refractivity contribution is 5.85. The number of nitrogens with one attached hydrogen (secondary N) is 1. The molecule has 1 saturated carbocycles. The Labute approximate surface area is 92.1 Å². The average molecular weight is 224 g/mol. The molecule has 0 aliphatic heterocycles. The van der Waals surface area contributed by atoms with E-state index in [-0.39, 0.29) is 18.4 Å². The summed E-state index contributed by atoms with van der Waals surface area (Å²) in [5, 5.41) is 12.2. The lowest BCUT2D eigenvalue weighted by atomic mass is 10.1. The van der Waals surface area contributed by atoms with Gasteiger partial charge in [-0.1, -0.05) is 13.3 Å². The molecule has 1 aliphatic rings. The normalized spacial score (nSPS) is 22.6. The van der Waals surface area contributed by atoms with E-state index in [0.717, 1.165) is 12.8 Å². The van der Waals surface area contributed by atoms with Crippen LogP contribution in [0.1, 0.15) is 34.0 Å². The standard InChI is InChI=1S/C9H18N2O2.ClH/c1-2-3-7(10)8(12)9(13)11-6-4-5-6;/h6-8,12H,2-5,10H2,1H3,(H,11,13);1H/t7-,8-;/m0./s1/i7D;. The molecule has 0 spiro atoms. The molecule has 0 saturated heterocycles. The lowest BCUT2D eigenvalue weighted by Gasteiger charge is -2.17. The minimum atomic E-state index is -1.56. The van der Waals surface area contributed by atoms with Crippen molar-refractivity contribution in [2.24, 2.45) is 5.73 Å². The summed E-state index contributed by atoms with van der Waals surface area (Å²) in [6.07, 6.45) is 1.48. The van der Waals surface area contributed by atoms with Gasteiger partial charge in [-0.2, -0.15) is 0 Å². The molecule has 2 atom stereocenters. The fraction of sp³-hybridized carbons (Fsp3) is 0.889. The Morgan fingerprint density at radius 2 is 2.36 bits per heavy atom. The van der Waals surface area contributed by atoms with Gasteiger partial charge in [0.25, 0.3) is 5.91 Å². The molecular weight excluding hydrogens is 204 g/mol. The van der Waals surface area contributed by atoms with Gasteiger partial charge in [0.05, 0.1) is 0 Å². The summed E-state index contributed by atoms with van der Waals surface area (Å²) in [7, 11) is 0. The second-order valence-corrected chi connectivity index (χ2v) is 3.51. The first-order chi connectivity index (χ1) is 6.47. The monoisotopic (exact) mass is 223 g/mol. The van der Waals surface area contributed by atoms with Gasteiger partial charge in [0, 0.05) is 13.4 Å². The van der Waals surface area contributed by atoms with E-state index in [2.05, 4.69) is 5.32 Å². The summed E-state index contributed by atoms with van der Waals surface area (Å²) < 4.78 is 7.59. The van der Waals surface area contributed by atoms with Gasteiger partial charge in [-0.25, -0.2) is 0 Å². The maximum atomic E-state index is 11.4. The second-order valence-electron chi connectivity index (χ2n) is 3.51. The molecule has 1 fully saturated rings. The Hall–Kier alpha value is -0.320. The number of nitrogens with two attached hydrogens (primary N) is 1. The van der Waals surface area contributed by atoms with Crippen LogP contribution in [0.3, 0.4) is 0 Å². The van der Waals surface area contributed by atoms with Gasteiger partial charge in [-0.05, 0) is 19.3 Å². The van der Waals surface area contributed by atoms with E-state index in [0.29, 0.717) is 12.8 Å². The Kier molecular flexibility index (Phi) is 5.22. The molecule has 4 nitrogen and oxygen atoms in total. The molecule has 0 aromatic heterocycles. The molecule has 0 bridgehead atoms. The highest BCUT2D eigenvalue weighted by atomic mass is 35.5. The van der Waals surface area contributed by atoms with Crippen molar-refractivity contribution in [3.63, 3.8) is 0 Å². The van der Waals surface area contributed by atoms with Crippen LogP contribution in [0.4, 0.5) is 0 Å². The highest BCUT2D eigenvalue weighted by Crippen LogP contribution is 2.18. The van der Waals surface area contributed by atoms with Gasteiger partial charge in [-0.15, -0.1) is 12.4 Å². The van der Waals surface area contributed by atoms with Crippen LogP contribution in [-0.2, 0) is 4.79 Å². The number of amides is 1. The van der Waals surface area contributed by atoms with Gasteiger partial charge in [0.15, 0.2) is 0 Å². The third kappa shape index (κ3) is 4.26. The summed E-state index contributed by atoms with van der Waals surface area (Å²) in [6.45, 7) is 1.86. The number of halogens is 1. The van der Waals surface area contributed by atoms with Crippen LogP contribution in [0.15, 0.2) is 0 Å². The van der Waals surface area contributed by atoms with Gasteiger partial charge in [0.1, 0.15) is 6.10 Å². The first kappa shape index (κ1) is 11.8. The zero-order valence-corrected chi connectivity index (χ0v) is 9.14. The molecule has 0 aromatic rings. The van der Waals surface area contributed by atoms with Crippen molar-refractivity contribution in [3.05, 3.63) is 0 Å². The molecule has 1 rings (SSSR count). The van der Waals surface area contributed by atoms with E-state index in [1.54, 1.807) is 0 Å². The van der Waals surface area contributed by atoms with Crippen LogP contribution in [0.5, 0.6) is 0 Å². The number of carbonyl (C=O) groups is 1. The number of carbonyl (C=O) groups excluding carboxylic acids is 1. The fourth-order valence-electron chi connectivity index (χ4n) is 1.10. The summed E-state index contributed by atoms with van der Waals surface area (Å²) in [5.74, 6) is -0.515. The molecule has 14 heavy (non-hydrogen) atoms. The van der Waals surface area contributed by atoms with Crippen molar-refractivity contribution in [2.45, 2.75) is 50.8 Å². The topological polar surface area (TPSA) is 75.3 Å². The number of hydrogen-bond acceptors (Lipinski definition) is 3. The molecule has 0 radical (unpaired) electrons. The van der Waals surface area contributed by atoms with Crippen LogP contribution in [0.25, 0.3) is 0 Å². The first-order valence-electron chi connectivity index (χ1n) is 5.24. The summed E-state index contributed by atoms with van der Waals surface area (Å²) in [6, 6.07) is -1.37. The highest BCUT2D eigenvalue weighted by Gasteiger charge is 2.28. The largest absolute Gasteiger partial charge is 0.382 e. The molecule has 1 amide bonds. The van der Waals surface area contributed by atoms with Crippen LogP contribution >= 0.6 is 12.4 Å². The van der Waals surface area contributed by atoms with Gasteiger partial charge in [0.2, 0.25) is 0 Å². The van der Waals surface area contributed by atoms with E-state index < -0.39 is 18.0 Å². The lowest BCUT2D eigenvalue weighted by Crippen LogP contribution is -2.46. The summed E-state index contributed by atoms with van der Waals surface area (Å²) >= 11 is 0. The minimum Gasteiger partial charge on any atom is -0.382 e. The van der Waals surface area contributed by atoms with Gasteiger partial charge in [-0.3, -0.25) is 4.79 Å². The Morgan fingerprint density at radius 1 is 1.79 bits per heavy atom. The molecule has 5 heteroatoms. The van der Waals surface area contributed by atoms with E-state index in [9.17, 15) is 9.90 Å². The second kappa shape index (κ2) is 6.22. The predicted octanol–water partition coefficient (Wildman–Crippen LogP) is 0.175. The molecule has 4 N–H and O–H groups in total. The van der Waals surface area contributed by atoms with Crippen molar-refractivity contribution in [2.75, 3.05) is 0 Å². The van der Waals surface area contributed by atoms with E-state index in [1.807, 2.05) is 6.92 Å². The molecule has 1 aliphatic carbocycles. The van der Waals surface area contributed by atoms with Gasteiger partial charge >= 0.3 is 0 Å². The smallest absolute Gasteiger partial charge is 0.250 e. The third-order valence-electron chi connectivity index (χ3n) is 2.06. The molecular formula is C9H19ClN2O2. The van der Waals surface area contributed by atoms with E-state index >= 15 is 0 Å². The minimum absolute atomic E-state index is 0. The van der Waals surface area contributed by atoms with Crippen molar-refractivity contribution in [3.8, 4) is 0 Å². The van der Waals surface area contributed by atoms with E-state index in [4.69, 9.17) is 7.10 Å². The maximum absolute atomic E-state index is 11.4. The maximum Gasteiger partial charge on any atom is 0.250 e. The zero-order chi connectivity index (χ0) is 10.8. The first-order valence-corrected chi connectivity index (χ1v) is 4.74. The number of aliphatic hydroxyl groups excluding tert-OH is 1. The summed E-state index contributed by atoms with van der Waals surface area (Å²) in [5.41, 5.74) is 5.52. The molecule has 0 heterocycles. The van der Waals surface area contributed by atoms with Crippen LogP contribution in [-0.4, -0.2) is 29.2 Å². The fourth-order valence-corrected chi connectivity index (χ4v) is 1.10. The average Bonchev–Trinajstić information content (AvgIpc) is 2.86. The Morgan fingerprint density at radius 3 is 2.79 bits per heavy atom. The number of rotatable bonds is 5. The number of aliphatic hydroxyl groups is 1. The van der Waals surface area contributed by atoms with Crippen LogP contribution in [0.2, 0.25) is 0 Å². The quantitative estimate of drug-likeness (QED) is 0.622. The predicted molar refractivity (Wildman–Crippen MR) is 57.3 cm³/mol. The SMILES string of the molecule is Cl.[2H][C@](N)(CCC)[C@H](O)C(=O)NC1CC1. The third-order valence-corrected chi connectivity index (χ3v) is 2.06. The van der Waals surface area contributed by atoms with Crippen molar-refractivity contribution >= 4 is 18.3 Å². The van der Waals surface area contributed by atoms with Crippen molar-refractivity contribution < 1.29 is 11.3 Å². The lowest BCUT2D eigenvalue weighted by molar-refractivity contribution is -0.130. The van der Waals surface area contributed by atoms with Crippen LogP contribution < -0.4 is 11.1 Å². The molecule has 84 valence electrons. The Bertz CT molecular complexity index is 222. The number of hydrogen-bond donors (Lipinski definition) is 3. The zero-order valence-electron chi connectivity index (χ0n) is 9.32. The van der Waals surface area contributed by atoms with E-state index in [1.165, 1.54) is 0 Å². The Balaban J connectivity index is 0.00000196.